The van der Waals surface area contributed by atoms with E-state index in [9.17, 15) is 9.59 Å². The number of carbonyl (C=O) groups excluding carboxylic acids is 1. The first-order valence-corrected chi connectivity index (χ1v) is 6.99. The average molecular weight is 290 g/mol. The van der Waals surface area contributed by atoms with Crippen molar-refractivity contribution < 1.29 is 19.4 Å². The van der Waals surface area contributed by atoms with E-state index in [0.29, 0.717) is 19.6 Å². The Labute approximate surface area is 122 Å². The molecule has 1 saturated heterocycles. The van der Waals surface area contributed by atoms with Crippen molar-refractivity contribution in [3.63, 3.8) is 0 Å². The minimum atomic E-state index is -0.991. The molecule has 0 unspecified atom stereocenters. The zero-order valence-electron chi connectivity index (χ0n) is 11.9. The molecule has 1 N–H and O–H groups in total. The van der Waals surface area contributed by atoms with Crippen LogP contribution in [0.3, 0.4) is 0 Å². The number of amides is 2. The largest absolute Gasteiger partial charge is 0.480 e. The van der Waals surface area contributed by atoms with Crippen LogP contribution in [0.4, 0.5) is 10.5 Å². The molecule has 0 aromatic heterocycles. The van der Waals surface area contributed by atoms with E-state index in [0.717, 1.165) is 12.1 Å². The van der Waals surface area contributed by atoms with Gasteiger partial charge in [-0.3, -0.25) is 4.90 Å². The van der Waals surface area contributed by atoms with E-state index in [1.165, 1.54) is 5.56 Å². The van der Waals surface area contributed by atoms with Gasteiger partial charge in [0, 0.05) is 12.2 Å². The molecule has 0 saturated carbocycles. The first-order valence-electron chi connectivity index (χ1n) is 6.99. The number of carboxylic acids is 1. The Bertz CT molecular complexity index is 581. The maximum absolute atomic E-state index is 12.5. The fraction of sp³-hybridized carbons (Fsp3) is 0.467. The van der Waals surface area contributed by atoms with E-state index in [2.05, 4.69) is 0 Å². The summed E-state index contributed by atoms with van der Waals surface area (Å²) in [6.45, 7) is 3.06. The summed E-state index contributed by atoms with van der Waals surface area (Å²) in [6.07, 6.45) is 0.878. The summed E-state index contributed by atoms with van der Waals surface area (Å²) < 4.78 is 5.33. The molecular formula is C15H18N2O4. The lowest BCUT2D eigenvalue weighted by Gasteiger charge is -2.48. The van der Waals surface area contributed by atoms with Gasteiger partial charge in [-0.15, -0.1) is 0 Å². The van der Waals surface area contributed by atoms with Crippen molar-refractivity contribution in [2.24, 2.45) is 0 Å². The molecule has 0 aliphatic carbocycles. The Morgan fingerprint density at radius 2 is 2.05 bits per heavy atom. The number of para-hydroxylation sites is 1. The van der Waals surface area contributed by atoms with E-state index in [-0.39, 0.29) is 12.6 Å². The Morgan fingerprint density at radius 3 is 2.76 bits per heavy atom. The molecule has 2 amide bonds. The van der Waals surface area contributed by atoms with Crippen molar-refractivity contribution >= 4 is 17.7 Å². The third-order valence-electron chi connectivity index (χ3n) is 3.98. The van der Waals surface area contributed by atoms with Crippen LogP contribution < -0.4 is 4.90 Å². The van der Waals surface area contributed by atoms with Gasteiger partial charge in [0.15, 0.2) is 0 Å². The van der Waals surface area contributed by atoms with Gasteiger partial charge in [-0.1, -0.05) is 18.2 Å². The highest BCUT2D eigenvalue weighted by Crippen LogP contribution is 2.32. The van der Waals surface area contributed by atoms with Crippen LogP contribution in [-0.4, -0.2) is 53.8 Å². The Hall–Kier alpha value is -2.08. The molecule has 1 aromatic rings. The molecule has 2 heterocycles. The normalized spacial score (nSPS) is 19.1. The average Bonchev–Trinajstić information content (AvgIpc) is 2.85. The monoisotopic (exact) mass is 290 g/mol. The topological polar surface area (TPSA) is 70.1 Å². The Balaban J connectivity index is 1.61. The standard InChI is InChI=1S/C15H18N2O4/c1-15(21-8-13(18)19)9-16(10-15)14(20)17-7-6-11-4-2-3-5-12(11)17/h2-5H,6-10H2,1H3,(H,18,19). The molecule has 2 aliphatic rings. The number of ether oxygens (including phenoxy) is 1. The van der Waals surface area contributed by atoms with Crippen LogP contribution in [0.1, 0.15) is 12.5 Å². The third-order valence-corrected chi connectivity index (χ3v) is 3.98. The molecule has 3 rings (SSSR count). The van der Waals surface area contributed by atoms with Gasteiger partial charge < -0.3 is 14.7 Å². The summed E-state index contributed by atoms with van der Waals surface area (Å²) in [7, 11) is 0. The number of urea groups is 1. The number of carboxylic acid groups (broad SMARTS) is 1. The lowest BCUT2D eigenvalue weighted by atomic mass is 9.97. The van der Waals surface area contributed by atoms with Gasteiger partial charge >= 0.3 is 12.0 Å². The number of nitrogens with zero attached hydrogens (tertiary/aromatic N) is 2. The fourth-order valence-corrected chi connectivity index (χ4v) is 2.93. The molecule has 6 heteroatoms. The van der Waals surface area contributed by atoms with E-state index in [4.69, 9.17) is 9.84 Å². The van der Waals surface area contributed by atoms with Gasteiger partial charge in [-0.2, -0.15) is 0 Å². The van der Waals surface area contributed by atoms with Crippen LogP contribution in [0.15, 0.2) is 24.3 Å². The minimum absolute atomic E-state index is 0.0312. The van der Waals surface area contributed by atoms with Gasteiger partial charge in [0.05, 0.1) is 13.1 Å². The van der Waals surface area contributed by atoms with Crippen molar-refractivity contribution in [1.82, 2.24) is 4.90 Å². The highest BCUT2D eigenvalue weighted by Gasteiger charge is 2.44. The van der Waals surface area contributed by atoms with Crippen molar-refractivity contribution in [1.29, 1.82) is 0 Å². The lowest BCUT2D eigenvalue weighted by Crippen LogP contribution is -2.65. The van der Waals surface area contributed by atoms with Gasteiger partial charge in [0.25, 0.3) is 0 Å². The van der Waals surface area contributed by atoms with Crippen molar-refractivity contribution in [3.8, 4) is 0 Å². The van der Waals surface area contributed by atoms with Gasteiger partial charge in [-0.05, 0) is 25.0 Å². The highest BCUT2D eigenvalue weighted by atomic mass is 16.5. The zero-order valence-corrected chi connectivity index (χ0v) is 11.9. The first kappa shape index (κ1) is 13.9. The number of carbonyl (C=O) groups is 2. The summed E-state index contributed by atoms with van der Waals surface area (Å²) >= 11 is 0. The molecule has 6 nitrogen and oxygen atoms in total. The zero-order chi connectivity index (χ0) is 15.0. The highest BCUT2D eigenvalue weighted by molar-refractivity contribution is 5.94. The molecular weight excluding hydrogens is 272 g/mol. The number of hydrogen-bond donors (Lipinski definition) is 1. The van der Waals surface area contributed by atoms with Crippen LogP contribution >= 0.6 is 0 Å². The maximum atomic E-state index is 12.5. The minimum Gasteiger partial charge on any atom is -0.480 e. The summed E-state index contributed by atoms with van der Waals surface area (Å²) in [6, 6.07) is 7.88. The molecule has 1 fully saturated rings. The van der Waals surface area contributed by atoms with E-state index >= 15 is 0 Å². The summed E-state index contributed by atoms with van der Waals surface area (Å²) in [4.78, 5) is 26.5. The summed E-state index contributed by atoms with van der Waals surface area (Å²) in [5, 5.41) is 8.64. The molecule has 112 valence electrons. The Kier molecular flexibility index (Phi) is 3.33. The van der Waals surface area contributed by atoms with Crippen LogP contribution in [0.25, 0.3) is 0 Å². The van der Waals surface area contributed by atoms with E-state index in [1.54, 1.807) is 9.80 Å². The summed E-state index contributed by atoms with van der Waals surface area (Å²) in [5.74, 6) is -0.991. The maximum Gasteiger partial charge on any atom is 0.329 e. The molecule has 2 aliphatic heterocycles. The number of anilines is 1. The lowest BCUT2D eigenvalue weighted by molar-refractivity contribution is -0.159. The quantitative estimate of drug-likeness (QED) is 0.912. The smallest absolute Gasteiger partial charge is 0.329 e. The number of hydrogen-bond acceptors (Lipinski definition) is 3. The predicted octanol–water partition coefficient (Wildman–Crippen LogP) is 1.34. The van der Waals surface area contributed by atoms with Crippen LogP contribution in [-0.2, 0) is 16.0 Å². The van der Waals surface area contributed by atoms with Crippen LogP contribution in [0, 0.1) is 0 Å². The predicted molar refractivity (Wildman–Crippen MR) is 76.5 cm³/mol. The van der Waals surface area contributed by atoms with Crippen molar-refractivity contribution in [3.05, 3.63) is 29.8 Å². The number of benzene rings is 1. The number of likely N-dealkylation sites (tertiary alicyclic amines) is 1. The Morgan fingerprint density at radius 1 is 1.33 bits per heavy atom. The number of rotatable bonds is 3. The van der Waals surface area contributed by atoms with Crippen LogP contribution in [0.2, 0.25) is 0 Å². The summed E-state index contributed by atoms with van der Waals surface area (Å²) in [5.41, 5.74) is 1.62. The fourth-order valence-electron chi connectivity index (χ4n) is 2.93. The molecule has 0 atom stereocenters. The van der Waals surface area contributed by atoms with Crippen molar-refractivity contribution in [2.45, 2.75) is 18.9 Å². The van der Waals surface area contributed by atoms with Gasteiger partial charge in [0.2, 0.25) is 0 Å². The molecule has 1 aromatic carbocycles. The second-order valence-corrected chi connectivity index (χ2v) is 5.80. The molecule has 0 bridgehead atoms. The first-order chi connectivity index (χ1) is 9.98. The second kappa shape index (κ2) is 5.04. The van der Waals surface area contributed by atoms with Crippen molar-refractivity contribution in [2.75, 3.05) is 31.1 Å². The van der Waals surface area contributed by atoms with Gasteiger partial charge in [-0.25, -0.2) is 9.59 Å². The molecule has 0 spiro atoms. The SMILES string of the molecule is CC1(OCC(=O)O)CN(C(=O)N2CCc3ccccc32)C1. The molecule has 21 heavy (non-hydrogen) atoms. The number of fused-ring (bicyclic) bond motifs is 1. The van der Waals surface area contributed by atoms with Crippen LogP contribution in [0.5, 0.6) is 0 Å². The van der Waals surface area contributed by atoms with E-state index < -0.39 is 11.6 Å². The van der Waals surface area contributed by atoms with Gasteiger partial charge in [0.1, 0.15) is 12.2 Å². The second-order valence-electron chi connectivity index (χ2n) is 5.80. The van der Waals surface area contributed by atoms with E-state index in [1.807, 2.05) is 31.2 Å². The third kappa shape index (κ3) is 2.58. The number of aliphatic carboxylic acids is 1. The molecule has 0 radical (unpaired) electrons.